The number of rotatable bonds is 9. The standard InChI is InChI=1S/C25H34N2O3/c1-4-29-23-11-8-21(16-24(23)30-5-2)17-26-25(28)22-9-6-20(7-10-22)18-27-14-12-19(3)13-15-27/h6-11,16,19H,4-5,12-15,17-18H2,1-3H3,(H,26,28). The number of likely N-dealkylation sites (tertiary alicyclic amines) is 1. The molecule has 1 amide bonds. The fourth-order valence-corrected chi connectivity index (χ4v) is 3.73. The SMILES string of the molecule is CCOc1ccc(CNC(=O)c2ccc(CN3CCC(C)CC3)cc2)cc1OCC. The highest BCUT2D eigenvalue weighted by Crippen LogP contribution is 2.28. The number of nitrogens with zero attached hydrogens (tertiary/aromatic N) is 1. The molecular weight excluding hydrogens is 376 g/mol. The van der Waals surface area contributed by atoms with Gasteiger partial charge in [-0.3, -0.25) is 9.69 Å². The van der Waals surface area contributed by atoms with Gasteiger partial charge in [0.05, 0.1) is 13.2 Å². The number of nitrogens with one attached hydrogen (secondary N) is 1. The second kappa shape index (κ2) is 11.0. The van der Waals surface area contributed by atoms with Crippen molar-refractivity contribution >= 4 is 5.91 Å². The van der Waals surface area contributed by atoms with Gasteiger partial charge in [-0.2, -0.15) is 0 Å². The first-order chi connectivity index (χ1) is 14.6. The maximum atomic E-state index is 12.6. The molecule has 0 atom stereocenters. The molecule has 30 heavy (non-hydrogen) atoms. The first-order valence-corrected chi connectivity index (χ1v) is 11.1. The molecule has 1 heterocycles. The molecule has 0 spiro atoms. The summed E-state index contributed by atoms with van der Waals surface area (Å²) in [4.78, 5) is 15.1. The van der Waals surface area contributed by atoms with Crippen LogP contribution in [0.3, 0.4) is 0 Å². The van der Waals surface area contributed by atoms with Crippen molar-refractivity contribution in [1.82, 2.24) is 10.2 Å². The fourth-order valence-electron chi connectivity index (χ4n) is 3.73. The number of hydrogen-bond acceptors (Lipinski definition) is 4. The lowest BCUT2D eigenvalue weighted by molar-refractivity contribution is 0.0951. The van der Waals surface area contributed by atoms with Crippen molar-refractivity contribution in [2.45, 2.75) is 46.7 Å². The van der Waals surface area contributed by atoms with E-state index < -0.39 is 0 Å². The average Bonchev–Trinajstić information content (AvgIpc) is 2.76. The van der Waals surface area contributed by atoms with Gasteiger partial charge in [0.25, 0.3) is 5.91 Å². The number of benzene rings is 2. The number of carbonyl (C=O) groups is 1. The van der Waals surface area contributed by atoms with Crippen molar-refractivity contribution in [2.75, 3.05) is 26.3 Å². The highest BCUT2D eigenvalue weighted by Gasteiger charge is 2.16. The topological polar surface area (TPSA) is 50.8 Å². The van der Waals surface area contributed by atoms with E-state index in [1.165, 1.54) is 18.4 Å². The van der Waals surface area contributed by atoms with Gasteiger partial charge in [-0.15, -0.1) is 0 Å². The molecule has 5 heteroatoms. The molecule has 5 nitrogen and oxygen atoms in total. The van der Waals surface area contributed by atoms with E-state index in [1.807, 2.05) is 44.2 Å². The molecule has 0 bridgehead atoms. The van der Waals surface area contributed by atoms with E-state index in [9.17, 15) is 4.79 Å². The van der Waals surface area contributed by atoms with Gasteiger partial charge in [-0.1, -0.05) is 25.1 Å². The van der Waals surface area contributed by atoms with Gasteiger partial charge in [0.1, 0.15) is 0 Å². The van der Waals surface area contributed by atoms with Crippen LogP contribution in [0, 0.1) is 5.92 Å². The number of carbonyl (C=O) groups excluding carboxylic acids is 1. The zero-order valence-corrected chi connectivity index (χ0v) is 18.4. The minimum absolute atomic E-state index is 0.0693. The fraction of sp³-hybridized carbons (Fsp3) is 0.480. The highest BCUT2D eigenvalue weighted by atomic mass is 16.5. The van der Waals surface area contributed by atoms with E-state index in [0.29, 0.717) is 31.1 Å². The molecule has 1 N–H and O–H groups in total. The molecular formula is C25H34N2O3. The van der Waals surface area contributed by atoms with Crippen LogP contribution >= 0.6 is 0 Å². The third kappa shape index (κ3) is 6.23. The van der Waals surface area contributed by atoms with Crippen LogP contribution in [0.5, 0.6) is 11.5 Å². The van der Waals surface area contributed by atoms with Crippen molar-refractivity contribution in [1.29, 1.82) is 0 Å². The number of piperidine rings is 1. The minimum atomic E-state index is -0.0693. The molecule has 2 aromatic rings. The monoisotopic (exact) mass is 410 g/mol. The Hall–Kier alpha value is -2.53. The third-order valence-electron chi connectivity index (χ3n) is 5.56. The Bertz CT molecular complexity index is 812. The number of amides is 1. The van der Waals surface area contributed by atoms with Crippen molar-refractivity contribution < 1.29 is 14.3 Å². The van der Waals surface area contributed by atoms with E-state index in [4.69, 9.17) is 9.47 Å². The van der Waals surface area contributed by atoms with Gasteiger partial charge in [0.2, 0.25) is 0 Å². The largest absolute Gasteiger partial charge is 0.490 e. The Morgan fingerprint density at radius 2 is 1.60 bits per heavy atom. The van der Waals surface area contributed by atoms with Crippen LogP contribution < -0.4 is 14.8 Å². The molecule has 0 aromatic heterocycles. The molecule has 1 aliphatic rings. The van der Waals surface area contributed by atoms with Gasteiger partial charge in [-0.05, 0) is 81.1 Å². The summed E-state index contributed by atoms with van der Waals surface area (Å²) in [5.41, 5.74) is 2.92. The van der Waals surface area contributed by atoms with Crippen LogP contribution in [0.2, 0.25) is 0 Å². The lowest BCUT2D eigenvalue weighted by Gasteiger charge is -2.30. The summed E-state index contributed by atoms with van der Waals surface area (Å²) in [5, 5.41) is 3.00. The molecule has 0 aliphatic carbocycles. The summed E-state index contributed by atoms with van der Waals surface area (Å²) in [7, 11) is 0. The van der Waals surface area contributed by atoms with Crippen molar-refractivity contribution in [3.63, 3.8) is 0 Å². The van der Waals surface area contributed by atoms with E-state index in [0.717, 1.165) is 36.9 Å². The van der Waals surface area contributed by atoms with Crippen LogP contribution in [-0.4, -0.2) is 37.1 Å². The molecule has 162 valence electrons. The van der Waals surface area contributed by atoms with Crippen LogP contribution in [0.1, 0.15) is 55.1 Å². The summed E-state index contributed by atoms with van der Waals surface area (Å²) in [6, 6.07) is 13.7. The van der Waals surface area contributed by atoms with Crippen LogP contribution in [0.15, 0.2) is 42.5 Å². The molecule has 1 saturated heterocycles. The first kappa shape index (κ1) is 22.2. The lowest BCUT2D eigenvalue weighted by Crippen LogP contribution is -2.32. The zero-order valence-electron chi connectivity index (χ0n) is 18.4. The quantitative estimate of drug-likeness (QED) is 0.654. The van der Waals surface area contributed by atoms with Crippen LogP contribution in [-0.2, 0) is 13.1 Å². The molecule has 1 fully saturated rings. The van der Waals surface area contributed by atoms with Gasteiger partial charge < -0.3 is 14.8 Å². The van der Waals surface area contributed by atoms with Crippen molar-refractivity contribution in [3.8, 4) is 11.5 Å². The highest BCUT2D eigenvalue weighted by molar-refractivity contribution is 5.94. The second-order valence-electron chi connectivity index (χ2n) is 7.99. The van der Waals surface area contributed by atoms with E-state index in [1.54, 1.807) is 0 Å². The Balaban J connectivity index is 1.54. The van der Waals surface area contributed by atoms with Gasteiger partial charge in [-0.25, -0.2) is 0 Å². The maximum Gasteiger partial charge on any atom is 0.251 e. The van der Waals surface area contributed by atoms with Crippen molar-refractivity contribution in [3.05, 3.63) is 59.2 Å². The normalized spacial score (nSPS) is 15.0. The Kier molecular flexibility index (Phi) is 8.14. The van der Waals surface area contributed by atoms with Gasteiger partial charge in [0.15, 0.2) is 11.5 Å². The minimum Gasteiger partial charge on any atom is -0.490 e. The molecule has 1 aliphatic heterocycles. The number of ether oxygens (including phenoxy) is 2. The van der Waals surface area contributed by atoms with Crippen LogP contribution in [0.25, 0.3) is 0 Å². The first-order valence-electron chi connectivity index (χ1n) is 11.1. The molecule has 0 radical (unpaired) electrons. The molecule has 0 saturated carbocycles. The summed E-state index contributed by atoms with van der Waals surface area (Å²) in [5.74, 6) is 2.21. The lowest BCUT2D eigenvalue weighted by atomic mass is 9.99. The molecule has 3 rings (SSSR count). The third-order valence-corrected chi connectivity index (χ3v) is 5.56. The molecule has 0 unspecified atom stereocenters. The summed E-state index contributed by atoms with van der Waals surface area (Å²) in [6.45, 7) is 11.1. The predicted molar refractivity (Wildman–Crippen MR) is 120 cm³/mol. The predicted octanol–water partition coefficient (Wildman–Crippen LogP) is 4.65. The molecule has 2 aromatic carbocycles. The van der Waals surface area contributed by atoms with E-state index in [2.05, 4.69) is 29.3 Å². The summed E-state index contributed by atoms with van der Waals surface area (Å²) >= 11 is 0. The van der Waals surface area contributed by atoms with Gasteiger partial charge >= 0.3 is 0 Å². The van der Waals surface area contributed by atoms with E-state index >= 15 is 0 Å². The zero-order chi connectivity index (χ0) is 21.3. The summed E-state index contributed by atoms with van der Waals surface area (Å²) in [6.07, 6.45) is 2.55. The maximum absolute atomic E-state index is 12.6. The Morgan fingerprint density at radius 1 is 0.967 bits per heavy atom. The average molecular weight is 411 g/mol. The Morgan fingerprint density at radius 3 is 2.27 bits per heavy atom. The van der Waals surface area contributed by atoms with E-state index in [-0.39, 0.29) is 5.91 Å². The second-order valence-corrected chi connectivity index (χ2v) is 7.99. The van der Waals surface area contributed by atoms with Gasteiger partial charge in [0, 0.05) is 18.7 Å². The summed E-state index contributed by atoms with van der Waals surface area (Å²) < 4.78 is 11.3. The Labute approximate surface area is 180 Å². The smallest absolute Gasteiger partial charge is 0.251 e. The van der Waals surface area contributed by atoms with Crippen molar-refractivity contribution in [2.24, 2.45) is 5.92 Å². The number of hydrogen-bond donors (Lipinski definition) is 1. The van der Waals surface area contributed by atoms with Crippen LogP contribution in [0.4, 0.5) is 0 Å².